The maximum Gasteiger partial charge on any atom is 0.409 e. The summed E-state index contributed by atoms with van der Waals surface area (Å²) < 4.78 is 5.06. The van der Waals surface area contributed by atoms with Crippen LogP contribution in [0.25, 0.3) is 0 Å². The van der Waals surface area contributed by atoms with Gasteiger partial charge in [-0.15, -0.1) is 0 Å². The summed E-state index contributed by atoms with van der Waals surface area (Å²) in [5.74, 6) is -1.72. The summed E-state index contributed by atoms with van der Waals surface area (Å²) in [5.41, 5.74) is 0.250. The van der Waals surface area contributed by atoms with E-state index in [0.29, 0.717) is 18.7 Å². The lowest BCUT2D eigenvalue weighted by atomic mass is 10.1. The SMILES string of the molecule is CC(=O)N(C)CCN(C)C(=O)OCc1ccc(C(=O)O)c(O)c1. The van der Waals surface area contributed by atoms with Gasteiger partial charge in [-0.3, -0.25) is 4.79 Å². The number of amides is 2. The average molecular weight is 324 g/mol. The molecule has 0 saturated heterocycles. The zero-order valence-electron chi connectivity index (χ0n) is 13.3. The molecule has 0 radical (unpaired) electrons. The van der Waals surface area contributed by atoms with Gasteiger partial charge in [0.15, 0.2) is 0 Å². The fourth-order valence-corrected chi connectivity index (χ4v) is 1.65. The van der Waals surface area contributed by atoms with E-state index < -0.39 is 12.1 Å². The van der Waals surface area contributed by atoms with Crippen molar-refractivity contribution in [3.63, 3.8) is 0 Å². The van der Waals surface area contributed by atoms with E-state index in [9.17, 15) is 19.5 Å². The van der Waals surface area contributed by atoms with Crippen molar-refractivity contribution in [3.8, 4) is 5.75 Å². The second-order valence-electron chi connectivity index (χ2n) is 5.07. The molecule has 1 aromatic carbocycles. The third-order valence-electron chi connectivity index (χ3n) is 3.27. The maximum atomic E-state index is 11.8. The first-order valence-electron chi connectivity index (χ1n) is 6.87. The van der Waals surface area contributed by atoms with Crippen LogP contribution >= 0.6 is 0 Å². The molecule has 0 spiro atoms. The van der Waals surface area contributed by atoms with Crippen LogP contribution in [-0.4, -0.2) is 65.2 Å². The molecule has 0 fully saturated rings. The van der Waals surface area contributed by atoms with E-state index >= 15 is 0 Å². The summed E-state index contributed by atoms with van der Waals surface area (Å²) in [5, 5.41) is 18.4. The summed E-state index contributed by atoms with van der Waals surface area (Å²) in [6, 6.07) is 3.94. The van der Waals surface area contributed by atoms with Gasteiger partial charge in [-0.25, -0.2) is 9.59 Å². The minimum absolute atomic E-state index is 0.0965. The summed E-state index contributed by atoms with van der Waals surface area (Å²) >= 11 is 0. The van der Waals surface area contributed by atoms with Crippen LogP contribution in [0.5, 0.6) is 5.75 Å². The van der Waals surface area contributed by atoms with E-state index in [1.54, 1.807) is 14.1 Å². The fraction of sp³-hybridized carbons (Fsp3) is 0.400. The van der Waals surface area contributed by atoms with Crippen LogP contribution in [0.4, 0.5) is 4.79 Å². The number of phenols is 1. The quantitative estimate of drug-likeness (QED) is 0.812. The number of ether oxygens (including phenoxy) is 1. The van der Waals surface area contributed by atoms with Gasteiger partial charge < -0.3 is 24.7 Å². The molecule has 8 nitrogen and oxygen atoms in total. The standard InChI is InChI=1S/C15H20N2O6/c1-10(18)16(2)6-7-17(3)15(22)23-9-11-4-5-12(14(20)21)13(19)8-11/h4-5,8,19H,6-7,9H2,1-3H3,(H,20,21). The van der Waals surface area contributed by atoms with Crippen LogP contribution in [0, 0.1) is 0 Å². The molecule has 0 saturated carbocycles. The second-order valence-corrected chi connectivity index (χ2v) is 5.07. The number of carboxylic acids is 1. The molecule has 2 N–H and O–H groups in total. The molecule has 126 valence electrons. The molecule has 0 aliphatic heterocycles. The van der Waals surface area contributed by atoms with Crippen molar-refractivity contribution in [2.45, 2.75) is 13.5 Å². The number of nitrogens with zero attached hydrogens (tertiary/aromatic N) is 2. The smallest absolute Gasteiger partial charge is 0.409 e. The zero-order valence-corrected chi connectivity index (χ0v) is 13.3. The normalized spacial score (nSPS) is 10.0. The van der Waals surface area contributed by atoms with Gasteiger partial charge >= 0.3 is 12.1 Å². The molecule has 0 atom stereocenters. The number of carbonyl (C=O) groups is 3. The minimum atomic E-state index is -1.24. The van der Waals surface area contributed by atoms with E-state index in [1.165, 1.54) is 34.9 Å². The third-order valence-corrected chi connectivity index (χ3v) is 3.27. The number of carbonyl (C=O) groups excluding carboxylic acids is 2. The molecule has 23 heavy (non-hydrogen) atoms. The van der Waals surface area contributed by atoms with E-state index in [1.807, 2.05) is 0 Å². The Bertz CT molecular complexity index is 602. The minimum Gasteiger partial charge on any atom is -0.507 e. The number of rotatable bonds is 6. The Balaban J connectivity index is 2.51. The summed E-state index contributed by atoms with van der Waals surface area (Å²) in [7, 11) is 3.18. The van der Waals surface area contributed by atoms with Crippen molar-refractivity contribution in [2.75, 3.05) is 27.2 Å². The van der Waals surface area contributed by atoms with Crippen molar-refractivity contribution in [3.05, 3.63) is 29.3 Å². The van der Waals surface area contributed by atoms with Crippen molar-refractivity contribution in [1.29, 1.82) is 0 Å². The Hall–Kier alpha value is -2.77. The largest absolute Gasteiger partial charge is 0.507 e. The molecular weight excluding hydrogens is 304 g/mol. The van der Waals surface area contributed by atoms with E-state index in [-0.39, 0.29) is 23.8 Å². The van der Waals surface area contributed by atoms with Gasteiger partial charge in [-0.2, -0.15) is 0 Å². The highest BCUT2D eigenvalue weighted by atomic mass is 16.6. The maximum absolute atomic E-state index is 11.8. The van der Waals surface area contributed by atoms with Crippen molar-refractivity contribution in [2.24, 2.45) is 0 Å². The number of hydrogen-bond donors (Lipinski definition) is 2. The number of benzene rings is 1. The van der Waals surface area contributed by atoms with Crippen LogP contribution in [0.3, 0.4) is 0 Å². The summed E-state index contributed by atoms with van der Waals surface area (Å²) in [6.45, 7) is 2.04. The number of carboxylic acid groups (broad SMARTS) is 1. The number of hydrogen-bond acceptors (Lipinski definition) is 5. The number of aromatic carboxylic acids is 1. The first-order chi connectivity index (χ1) is 10.7. The molecule has 0 bridgehead atoms. The average Bonchev–Trinajstić information content (AvgIpc) is 2.49. The van der Waals surface area contributed by atoms with Gasteiger partial charge in [-0.05, 0) is 17.7 Å². The van der Waals surface area contributed by atoms with Crippen LogP contribution in [0.1, 0.15) is 22.8 Å². The van der Waals surface area contributed by atoms with E-state index in [4.69, 9.17) is 9.84 Å². The Morgan fingerprint density at radius 3 is 2.26 bits per heavy atom. The third kappa shape index (κ3) is 5.50. The molecule has 1 aromatic rings. The molecule has 0 unspecified atom stereocenters. The fourth-order valence-electron chi connectivity index (χ4n) is 1.65. The van der Waals surface area contributed by atoms with Crippen LogP contribution < -0.4 is 0 Å². The molecule has 8 heteroatoms. The lowest BCUT2D eigenvalue weighted by Crippen LogP contribution is -2.36. The van der Waals surface area contributed by atoms with Gasteiger partial charge in [0.25, 0.3) is 0 Å². The van der Waals surface area contributed by atoms with Crippen molar-refractivity contribution < 1.29 is 29.3 Å². The van der Waals surface area contributed by atoms with E-state index in [2.05, 4.69) is 0 Å². The highest BCUT2D eigenvalue weighted by molar-refractivity contribution is 5.90. The molecule has 0 aromatic heterocycles. The van der Waals surface area contributed by atoms with Crippen LogP contribution in [0.15, 0.2) is 18.2 Å². The number of likely N-dealkylation sites (N-methyl/N-ethyl adjacent to an activating group) is 2. The van der Waals surface area contributed by atoms with Crippen LogP contribution in [-0.2, 0) is 16.1 Å². The predicted octanol–water partition coefficient (Wildman–Crippen LogP) is 1.14. The zero-order chi connectivity index (χ0) is 17.6. The predicted molar refractivity (Wildman–Crippen MR) is 81.2 cm³/mol. The molecule has 0 heterocycles. The topological polar surface area (TPSA) is 107 Å². The molecular formula is C15H20N2O6. The highest BCUT2D eigenvalue weighted by Crippen LogP contribution is 2.19. The highest BCUT2D eigenvalue weighted by Gasteiger charge is 2.13. The first kappa shape index (κ1) is 18.3. The lowest BCUT2D eigenvalue weighted by Gasteiger charge is -2.21. The van der Waals surface area contributed by atoms with Crippen molar-refractivity contribution >= 4 is 18.0 Å². The van der Waals surface area contributed by atoms with Gasteiger partial charge in [0.05, 0.1) is 0 Å². The van der Waals surface area contributed by atoms with Crippen LogP contribution in [0.2, 0.25) is 0 Å². The lowest BCUT2D eigenvalue weighted by molar-refractivity contribution is -0.127. The summed E-state index contributed by atoms with van der Waals surface area (Å²) in [6.07, 6.45) is -0.580. The van der Waals surface area contributed by atoms with Gasteiger partial charge in [0, 0.05) is 34.1 Å². The number of aromatic hydroxyl groups is 1. The Kier molecular flexibility index (Phi) is 6.37. The second kappa shape index (κ2) is 8.02. The Morgan fingerprint density at radius 2 is 1.74 bits per heavy atom. The molecule has 1 rings (SSSR count). The van der Waals surface area contributed by atoms with Crippen molar-refractivity contribution in [1.82, 2.24) is 9.80 Å². The Labute approximate surface area is 133 Å². The Morgan fingerprint density at radius 1 is 1.13 bits per heavy atom. The van der Waals surface area contributed by atoms with Gasteiger partial charge in [0.1, 0.15) is 17.9 Å². The van der Waals surface area contributed by atoms with Gasteiger partial charge in [-0.1, -0.05) is 6.07 Å². The monoisotopic (exact) mass is 324 g/mol. The van der Waals surface area contributed by atoms with Gasteiger partial charge in [0.2, 0.25) is 5.91 Å². The molecule has 0 aliphatic rings. The molecule has 0 aliphatic carbocycles. The molecule has 2 amide bonds. The van der Waals surface area contributed by atoms with E-state index in [0.717, 1.165) is 0 Å². The first-order valence-corrected chi connectivity index (χ1v) is 6.87. The summed E-state index contributed by atoms with van der Waals surface area (Å²) in [4.78, 5) is 36.5.